The van der Waals surface area contributed by atoms with E-state index < -0.39 is 16.8 Å². The van der Waals surface area contributed by atoms with Crippen LogP contribution in [-0.2, 0) is 6.42 Å². The number of benzene rings is 2. The third-order valence-electron chi connectivity index (χ3n) is 7.60. The van der Waals surface area contributed by atoms with E-state index in [-0.39, 0.29) is 17.2 Å². The maximum atomic E-state index is 13.5. The first-order valence-corrected chi connectivity index (χ1v) is 13.6. The average Bonchev–Trinajstić information content (AvgIpc) is 3.44. The number of hydrogen-bond acceptors (Lipinski definition) is 8. The van der Waals surface area contributed by atoms with Crippen LogP contribution in [0.4, 0.5) is 0 Å². The van der Waals surface area contributed by atoms with E-state index in [9.17, 15) is 9.59 Å². The van der Waals surface area contributed by atoms with Gasteiger partial charge in [-0.15, -0.1) is 5.92 Å². The Labute approximate surface area is 235 Å². The Morgan fingerprint density at radius 3 is 2.76 bits per heavy atom. The lowest BCUT2D eigenvalue weighted by atomic mass is 9.81. The SMILES string of the molecule is CC#CCNC1(C)CCCN(n2c(=O)[nH]c3nc[nH]c3c2=O)C1Cc1nc(Oc2ccccc2)c2ccccc2n1. The number of hydrogen-bond donors (Lipinski definition) is 3. The van der Waals surface area contributed by atoms with E-state index >= 15 is 0 Å². The van der Waals surface area contributed by atoms with Gasteiger partial charge in [-0.2, -0.15) is 9.66 Å². The Balaban J connectivity index is 1.46. The number of nitrogens with zero attached hydrogens (tertiary/aromatic N) is 5. The molecule has 41 heavy (non-hydrogen) atoms. The summed E-state index contributed by atoms with van der Waals surface area (Å²) in [5.74, 6) is 7.66. The molecule has 11 heteroatoms. The van der Waals surface area contributed by atoms with Gasteiger partial charge in [-0.25, -0.2) is 14.8 Å². The lowest BCUT2D eigenvalue weighted by molar-refractivity contribution is 0.197. The fourth-order valence-electron chi connectivity index (χ4n) is 5.54. The Kier molecular flexibility index (Phi) is 6.99. The van der Waals surface area contributed by atoms with E-state index in [0.29, 0.717) is 37.0 Å². The van der Waals surface area contributed by atoms with Crippen LogP contribution in [0.25, 0.3) is 22.1 Å². The zero-order valence-corrected chi connectivity index (χ0v) is 22.8. The maximum Gasteiger partial charge on any atom is 0.349 e. The van der Waals surface area contributed by atoms with Gasteiger partial charge in [-0.1, -0.05) is 36.3 Å². The minimum absolute atomic E-state index is 0.226. The number of ether oxygens (including phenoxy) is 1. The predicted molar refractivity (Wildman–Crippen MR) is 157 cm³/mol. The average molecular weight is 551 g/mol. The van der Waals surface area contributed by atoms with Gasteiger partial charge < -0.3 is 14.7 Å². The molecule has 0 amide bonds. The molecule has 2 aromatic carbocycles. The molecule has 3 aromatic heterocycles. The van der Waals surface area contributed by atoms with Crippen LogP contribution >= 0.6 is 0 Å². The van der Waals surface area contributed by atoms with Crippen LogP contribution in [0.1, 0.15) is 32.5 Å². The van der Waals surface area contributed by atoms with E-state index in [1.54, 1.807) is 6.92 Å². The van der Waals surface area contributed by atoms with Crippen molar-refractivity contribution in [3.8, 4) is 23.5 Å². The number of piperidine rings is 1. The van der Waals surface area contributed by atoms with E-state index in [1.165, 1.54) is 11.0 Å². The molecule has 3 N–H and O–H groups in total. The van der Waals surface area contributed by atoms with E-state index in [0.717, 1.165) is 23.7 Å². The van der Waals surface area contributed by atoms with Crippen molar-refractivity contribution < 1.29 is 4.74 Å². The smallest absolute Gasteiger partial charge is 0.349 e. The highest BCUT2D eigenvalue weighted by Crippen LogP contribution is 2.31. The van der Waals surface area contributed by atoms with Crippen molar-refractivity contribution >= 4 is 22.1 Å². The van der Waals surface area contributed by atoms with Gasteiger partial charge in [-0.05, 0) is 51.0 Å². The topological polar surface area (TPSA) is 134 Å². The molecule has 2 atom stereocenters. The van der Waals surface area contributed by atoms with Crippen molar-refractivity contribution in [1.82, 2.24) is 34.9 Å². The van der Waals surface area contributed by atoms with Gasteiger partial charge in [0.2, 0.25) is 5.88 Å². The second-order valence-corrected chi connectivity index (χ2v) is 10.2. The van der Waals surface area contributed by atoms with Crippen molar-refractivity contribution in [1.29, 1.82) is 0 Å². The molecule has 0 saturated carbocycles. The van der Waals surface area contributed by atoms with E-state index in [4.69, 9.17) is 14.7 Å². The summed E-state index contributed by atoms with van der Waals surface area (Å²) in [5.41, 5.74) is -0.329. The lowest BCUT2D eigenvalue weighted by Crippen LogP contribution is -2.69. The monoisotopic (exact) mass is 550 g/mol. The molecular weight excluding hydrogens is 520 g/mol. The Hall–Kier alpha value is -4.95. The van der Waals surface area contributed by atoms with Gasteiger partial charge in [0.15, 0.2) is 11.2 Å². The van der Waals surface area contributed by atoms with Gasteiger partial charge in [0.1, 0.15) is 11.6 Å². The van der Waals surface area contributed by atoms with Gasteiger partial charge in [0.05, 0.1) is 29.8 Å². The number of fused-ring (bicyclic) bond motifs is 2. The van der Waals surface area contributed by atoms with Gasteiger partial charge >= 0.3 is 11.2 Å². The first kappa shape index (κ1) is 26.3. The number of nitrogens with one attached hydrogen (secondary N) is 3. The molecule has 0 radical (unpaired) electrons. The highest BCUT2D eigenvalue weighted by molar-refractivity contribution is 5.83. The van der Waals surface area contributed by atoms with Gasteiger partial charge in [0, 0.05) is 18.5 Å². The molecule has 5 aromatic rings. The van der Waals surface area contributed by atoms with Crippen LogP contribution < -0.4 is 26.3 Å². The molecule has 1 fully saturated rings. The summed E-state index contributed by atoms with van der Waals surface area (Å²) >= 11 is 0. The van der Waals surface area contributed by atoms with Crippen molar-refractivity contribution in [2.75, 3.05) is 18.1 Å². The number of aromatic nitrogens is 6. The minimum Gasteiger partial charge on any atom is -0.438 e. The molecule has 1 aliphatic rings. The third-order valence-corrected chi connectivity index (χ3v) is 7.60. The van der Waals surface area contributed by atoms with Crippen LogP contribution in [0.2, 0.25) is 0 Å². The number of para-hydroxylation sites is 2. The Morgan fingerprint density at radius 1 is 1.12 bits per heavy atom. The standard InChI is InChI=1S/C30H30N8O3/c1-3-4-16-33-30(2)15-10-17-37(38-28(39)25-26(32-19-31-25)36-29(38)40)23(30)18-24-34-22-14-9-8-13-21(22)27(35-24)41-20-11-6-5-7-12-20/h5-9,11-14,19,23,33H,10,15-18H2,1-2H3,(H,31,32)(H,36,40). The van der Waals surface area contributed by atoms with Crippen LogP contribution in [0, 0.1) is 11.8 Å². The number of aromatic amines is 2. The van der Waals surface area contributed by atoms with Crippen LogP contribution in [0.15, 0.2) is 70.5 Å². The Bertz CT molecular complexity index is 1880. The molecule has 0 spiro atoms. The lowest BCUT2D eigenvalue weighted by Gasteiger charge is -2.49. The zero-order chi connectivity index (χ0) is 28.4. The molecule has 208 valence electrons. The summed E-state index contributed by atoms with van der Waals surface area (Å²) in [6.45, 7) is 4.84. The second kappa shape index (κ2) is 10.9. The molecule has 1 saturated heterocycles. The van der Waals surface area contributed by atoms with Crippen LogP contribution in [0.5, 0.6) is 11.6 Å². The molecule has 4 heterocycles. The second-order valence-electron chi connectivity index (χ2n) is 10.2. The normalized spacial score (nSPS) is 18.8. The van der Waals surface area contributed by atoms with Crippen LogP contribution in [0.3, 0.4) is 0 Å². The first-order chi connectivity index (χ1) is 20.0. The van der Waals surface area contributed by atoms with Crippen molar-refractivity contribution in [2.45, 2.75) is 44.7 Å². The summed E-state index contributed by atoms with van der Waals surface area (Å²) in [6, 6.07) is 16.8. The fraction of sp³-hybridized carbons (Fsp3) is 0.300. The van der Waals surface area contributed by atoms with E-state index in [1.807, 2.05) is 59.6 Å². The van der Waals surface area contributed by atoms with Crippen LogP contribution in [-0.4, -0.2) is 54.3 Å². The van der Waals surface area contributed by atoms with E-state index in [2.05, 4.69) is 39.0 Å². The fourth-order valence-corrected chi connectivity index (χ4v) is 5.54. The molecule has 11 nitrogen and oxygen atoms in total. The van der Waals surface area contributed by atoms with Crippen molar-refractivity contribution in [2.24, 2.45) is 0 Å². The molecule has 0 bridgehead atoms. The van der Waals surface area contributed by atoms with Gasteiger partial charge in [-0.3, -0.25) is 15.1 Å². The summed E-state index contributed by atoms with van der Waals surface area (Å²) < 4.78 is 7.40. The Morgan fingerprint density at radius 2 is 1.93 bits per heavy atom. The largest absolute Gasteiger partial charge is 0.438 e. The maximum absolute atomic E-state index is 13.5. The van der Waals surface area contributed by atoms with Crippen molar-refractivity contribution in [3.63, 3.8) is 0 Å². The quantitative estimate of drug-likeness (QED) is 0.264. The third kappa shape index (κ3) is 5.05. The first-order valence-electron chi connectivity index (χ1n) is 13.6. The highest BCUT2D eigenvalue weighted by Gasteiger charge is 2.43. The molecule has 6 rings (SSSR count). The number of imidazole rings is 1. The number of rotatable bonds is 7. The van der Waals surface area contributed by atoms with Gasteiger partial charge in [0.25, 0.3) is 0 Å². The molecule has 2 unspecified atom stereocenters. The summed E-state index contributed by atoms with van der Waals surface area (Å²) in [7, 11) is 0. The molecule has 1 aliphatic heterocycles. The molecular formula is C30H30N8O3. The summed E-state index contributed by atoms with van der Waals surface area (Å²) in [4.78, 5) is 46.2. The minimum atomic E-state index is -0.551. The summed E-state index contributed by atoms with van der Waals surface area (Å²) in [5, 5.41) is 6.20. The highest BCUT2D eigenvalue weighted by atomic mass is 16.5. The summed E-state index contributed by atoms with van der Waals surface area (Å²) in [6.07, 6.45) is 3.30. The molecule has 0 aliphatic carbocycles. The zero-order valence-electron chi connectivity index (χ0n) is 22.8. The van der Waals surface area contributed by atoms with Crippen molar-refractivity contribution in [3.05, 3.63) is 87.6 Å². The number of H-pyrrole nitrogens is 2. The predicted octanol–water partition coefficient (Wildman–Crippen LogP) is 2.86.